The molecule has 0 spiro atoms. The lowest BCUT2D eigenvalue weighted by atomic mass is 10.2. The molecule has 6 heteroatoms. The van der Waals surface area contributed by atoms with Crippen molar-refractivity contribution < 1.29 is 4.79 Å². The summed E-state index contributed by atoms with van der Waals surface area (Å²) in [6.45, 7) is 0. The zero-order valence-electron chi connectivity index (χ0n) is 11.4. The van der Waals surface area contributed by atoms with Gasteiger partial charge in [-0.25, -0.2) is 9.98 Å². The van der Waals surface area contributed by atoms with Crippen LogP contribution in [0.25, 0.3) is 17.1 Å². The molecule has 0 saturated carbocycles. The SMILES string of the molecule is O=C1NC(c2ccncc2)=NC1=Cc1c[nH]c2ncccc12. The van der Waals surface area contributed by atoms with E-state index in [1.54, 1.807) is 36.8 Å². The molecule has 0 unspecified atom stereocenters. The molecule has 4 heterocycles. The van der Waals surface area contributed by atoms with Crippen molar-refractivity contribution in [3.8, 4) is 0 Å². The fourth-order valence-corrected chi connectivity index (χ4v) is 2.36. The maximum absolute atomic E-state index is 12.1. The summed E-state index contributed by atoms with van der Waals surface area (Å²) in [6, 6.07) is 7.42. The number of nitrogens with zero attached hydrogens (tertiary/aromatic N) is 3. The lowest BCUT2D eigenvalue weighted by Gasteiger charge is -1.97. The summed E-state index contributed by atoms with van der Waals surface area (Å²) in [5.74, 6) is 0.321. The van der Waals surface area contributed by atoms with Crippen LogP contribution in [0.1, 0.15) is 11.1 Å². The number of hydrogen-bond donors (Lipinski definition) is 2. The van der Waals surface area contributed by atoms with Crippen molar-refractivity contribution in [3.63, 3.8) is 0 Å². The molecule has 4 rings (SSSR count). The maximum atomic E-state index is 12.1. The average Bonchev–Trinajstić information content (AvgIpc) is 3.13. The van der Waals surface area contributed by atoms with Gasteiger partial charge in [-0.05, 0) is 30.3 Å². The number of hydrogen-bond acceptors (Lipinski definition) is 4. The van der Waals surface area contributed by atoms with E-state index in [0.717, 1.165) is 22.2 Å². The summed E-state index contributed by atoms with van der Waals surface area (Å²) < 4.78 is 0. The van der Waals surface area contributed by atoms with E-state index in [1.807, 2.05) is 18.3 Å². The molecule has 1 aliphatic heterocycles. The average molecular weight is 289 g/mol. The minimum absolute atomic E-state index is 0.218. The zero-order valence-corrected chi connectivity index (χ0v) is 11.4. The molecule has 3 aromatic rings. The Bertz CT molecular complexity index is 924. The fourth-order valence-electron chi connectivity index (χ4n) is 2.36. The number of carbonyl (C=O) groups is 1. The number of nitrogens with one attached hydrogen (secondary N) is 2. The van der Waals surface area contributed by atoms with Crippen LogP contribution in [0.2, 0.25) is 0 Å². The molecule has 106 valence electrons. The second-order valence-electron chi connectivity index (χ2n) is 4.82. The van der Waals surface area contributed by atoms with Gasteiger partial charge in [-0.2, -0.15) is 0 Å². The van der Waals surface area contributed by atoms with Gasteiger partial charge in [0.15, 0.2) is 0 Å². The largest absolute Gasteiger partial charge is 0.346 e. The Morgan fingerprint density at radius 2 is 1.95 bits per heavy atom. The molecule has 0 atom stereocenters. The molecule has 1 amide bonds. The zero-order chi connectivity index (χ0) is 14.9. The molecule has 0 radical (unpaired) electrons. The lowest BCUT2D eigenvalue weighted by molar-refractivity contribution is -0.115. The van der Waals surface area contributed by atoms with Crippen LogP contribution in [0.3, 0.4) is 0 Å². The van der Waals surface area contributed by atoms with E-state index in [9.17, 15) is 4.79 Å². The minimum atomic E-state index is -0.218. The Hall–Kier alpha value is -3.28. The first-order valence-electron chi connectivity index (χ1n) is 6.75. The summed E-state index contributed by atoms with van der Waals surface area (Å²) >= 11 is 0. The van der Waals surface area contributed by atoms with Gasteiger partial charge in [0.2, 0.25) is 0 Å². The molecule has 1 aliphatic rings. The van der Waals surface area contributed by atoms with Crippen LogP contribution in [0.15, 0.2) is 59.7 Å². The Morgan fingerprint density at radius 3 is 2.82 bits per heavy atom. The number of fused-ring (bicyclic) bond motifs is 1. The number of rotatable bonds is 2. The number of H-pyrrole nitrogens is 1. The fraction of sp³-hybridized carbons (Fsp3) is 0. The van der Waals surface area contributed by atoms with Gasteiger partial charge in [0.1, 0.15) is 17.2 Å². The molecule has 0 saturated heterocycles. The molecule has 0 aromatic carbocycles. The van der Waals surface area contributed by atoms with Crippen molar-refractivity contribution in [3.05, 3.63) is 65.9 Å². The number of aliphatic imine (C=N–C) groups is 1. The number of pyridine rings is 2. The van der Waals surface area contributed by atoms with E-state index in [-0.39, 0.29) is 5.91 Å². The highest BCUT2D eigenvalue weighted by Gasteiger charge is 2.21. The van der Waals surface area contributed by atoms with Crippen LogP contribution in [-0.2, 0) is 4.79 Å². The molecule has 22 heavy (non-hydrogen) atoms. The van der Waals surface area contributed by atoms with Gasteiger partial charge in [-0.1, -0.05) is 0 Å². The number of amides is 1. The Kier molecular flexibility index (Phi) is 2.79. The van der Waals surface area contributed by atoms with Gasteiger partial charge in [-0.15, -0.1) is 0 Å². The van der Waals surface area contributed by atoms with Crippen molar-refractivity contribution in [2.75, 3.05) is 0 Å². The van der Waals surface area contributed by atoms with Crippen molar-refractivity contribution in [2.45, 2.75) is 0 Å². The molecule has 0 bridgehead atoms. The summed E-state index contributed by atoms with van der Waals surface area (Å²) in [5.41, 5.74) is 2.86. The number of aromatic nitrogens is 3. The van der Waals surface area contributed by atoms with Crippen LogP contribution in [-0.4, -0.2) is 26.7 Å². The van der Waals surface area contributed by atoms with E-state index >= 15 is 0 Å². The Morgan fingerprint density at radius 1 is 1.09 bits per heavy atom. The topological polar surface area (TPSA) is 83.0 Å². The van der Waals surface area contributed by atoms with E-state index in [0.29, 0.717) is 11.5 Å². The van der Waals surface area contributed by atoms with E-state index in [4.69, 9.17) is 0 Å². The van der Waals surface area contributed by atoms with Crippen LogP contribution >= 0.6 is 0 Å². The number of aromatic amines is 1. The summed E-state index contributed by atoms with van der Waals surface area (Å²) in [6.07, 6.45) is 8.62. The summed E-state index contributed by atoms with van der Waals surface area (Å²) in [5, 5.41) is 3.72. The number of carbonyl (C=O) groups excluding carboxylic acids is 1. The standard InChI is InChI=1S/C16H11N5O/c22-16-13(20-14(21-16)10-3-6-17-7-4-10)8-11-9-19-15-12(11)2-1-5-18-15/h1-9H,(H,18,19)(H,20,21,22). The van der Waals surface area contributed by atoms with Gasteiger partial charge >= 0.3 is 0 Å². The molecular weight excluding hydrogens is 278 g/mol. The van der Waals surface area contributed by atoms with E-state index < -0.39 is 0 Å². The van der Waals surface area contributed by atoms with Crippen LogP contribution in [0, 0.1) is 0 Å². The molecule has 0 aliphatic carbocycles. The molecular formula is C16H11N5O. The lowest BCUT2D eigenvalue weighted by Crippen LogP contribution is -2.24. The highest BCUT2D eigenvalue weighted by Crippen LogP contribution is 2.21. The predicted molar refractivity (Wildman–Crippen MR) is 83.0 cm³/mol. The van der Waals surface area contributed by atoms with Gasteiger partial charge in [0.05, 0.1) is 0 Å². The van der Waals surface area contributed by atoms with Crippen LogP contribution < -0.4 is 5.32 Å². The normalized spacial score (nSPS) is 16.1. The highest BCUT2D eigenvalue weighted by atomic mass is 16.2. The summed E-state index contributed by atoms with van der Waals surface area (Å²) in [7, 11) is 0. The Labute approximate surface area is 125 Å². The second-order valence-corrected chi connectivity index (χ2v) is 4.82. The first kappa shape index (κ1) is 12.5. The third-order valence-electron chi connectivity index (χ3n) is 3.43. The Balaban J connectivity index is 1.76. The van der Waals surface area contributed by atoms with Gasteiger partial charge in [0, 0.05) is 41.3 Å². The predicted octanol–water partition coefficient (Wildman–Crippen LogP) is 1.88. The minimum Gasteiger partial charge on any atom is -0.346 e. The van der Waals surface area contributed by atoms with Gasteiger partial charge < -0.3 is 10.3 Å². The first-order chi connectivity index (χ1) is 10.8. The molecule has 3 aromatic heterocycles. The van der Waals surface area contributed by atoms with Gasteiger partial charge in [-0.3, -0.25) is 9.78 Å². The smallest absolute Gasteiger partial charge is 0.275 e. The molecule has 0 fully saturated rings. The van der Waals surface area contributed by atoms with Crippen molar-refractivity contribution in [2.24, 2.45) is 4.99 Å². The third kappa shape index (κ3) is 2.07. The van der Waals surface area contributed by atoms with Crippen molar-refractivity contribution in [1.82, 2.24) is 20.3 Å². The number of amidine groups is 1. The van der Waals surface area contributed by atoms with E-state index in [1.165, 1.54) is 0 Å². The highest BCUT2D eigenvalue weighted by molar-refractivity contribution is 6.20. The van der Waals surface area contributed by atoms with Crippen molar-refractivity contribution in [1.29, 1.82) is 0 Å². The van der Waals surface area contributed by atoms with E-state index in [2.05, 4.69) is 25.3 Å². The molecule has 2 N–H and O–H groups in total. The van der Waals surface area contributed by atoms with Crippen LogP contribution in [0.5, 0.6) is 0 Å². The third-order valence-corrected chi connectivity index (χ3v) is 3.43. The molecule has 6 nitrogen and oxygen atoms in total. The second kappa shape index (κ2) is 4.92. The monoisotopic (exact) mass is 289 g/mol. The maximum Gasteiger partial charge on any atom is 0.275 e. The quantitative estimate of drug-likeness (QED) is 0.706. The van der Waals surface area contributed by atoms with Crippen molar-refractivity contribution >= 4 is 28.9 Å². The van der Waals surface area contributed by atoms with Gasteiger partial charge in [0.25, 0.3) is 5.91 Å². The first-order valence-corrected chi connectivity index (χ1v) is 6.75. The van der Waals surface area contributed by atoms with Crippen LogP contribution in [0.4, 0.5) is 0 Å². The summed E-state index contributed by atoms with van der Waals surface area (Å²) in [4.78, 5) is 27.7.